The molecule has 1 saturated heterocycles. The van der Waals surface area contributed by atoms with E-state index in [0.29, 0.717) is 0 Å². The molecule has 2 nitrogen and oxygen atoms in total. The van der Waals surface area contributed by atoms with Gasteiger partial charge in [-0.2, -0.15) is 0 Å². The van der Waals surface area contributed by atoms with Crippen molar-refractivity contribution in [1.82, 2.24) is 4.90 Å². The second-order valence-electron chi connectivity index (χ2n) is 3.53. The molecule has 0 aromatic rings. The first-order valence-corrected chi connectivity index (χ1v) is 5.16. The van der Waals surface area contributed by atoms with E-state index >= 15 is 0 Å². The summed E-state index contributed by atoms with van der Waals surface area (Å²) in [6.45, 7) is 9.93. The zero-order valence-corrected chi connectivity index (χ0v) is 8.38. The lowest BCUT2D eigenvalue weighted by atomic mass is 10.1. The molecule has 0 amide bonds. The zero-order valence-electron chi connectivity index (χ0n) is 8.38. The second-order valence-corrected chi connectivity index (χ2v) is 3.53. The van der Waals surface area contributed by atoms with Crippen molar-refractivity contribution in [2.24, 2.45) is 5.92 Å². The minimum atomic E-state index is 0.865. The highest BCUT2D eigenvalue weighted by atomic mass is 16.5. The SMILES string of the molecule is CCOCCC1CCN(CC)C1. The fourth-order valence-electron chi connectivity index (χ4n) is 1.83. The Kier molecular flexibility index (Phi) is 4.62. The molecule has 1 heterocycles. The van der Waals surface area contributed by atoms with Gasteiger partial charge in [0, 0.05) is 19.8 Å². The third-order valence-electron chi connectivity index (χ3n) is 2.69. The predicted octanol–water partition coefficient (Wildman–Crippen LogP) is 1.75. The molecule has 1 rings (SSSR count). The topological polar surface area (TPSA) is 12.5 Å². The van der Waals surface area contributed by atoms with Crippen LogP contribution in [0.5, 0.6) is 0 Å². The van der Waals surface area contributed by atoms with E-state index in [1.54, 1.807) is 0 Å². The van der Waals surface area contributed by atoms with Crippen LogP contribution in [0.15, 0.2) is 0 Å². The fourth-order valence-corrected chi connectivity index (χ4v) is 1.83. The van der Waals surface area contributed by atoms with Gasteiger partial charge in [-0.3, -0.25) is 0 Å². The smallest absolute Gasteiger partial charge is 0.0469 e. The molecular weight excluding hydrogens is 150 g/mol. The molecule has 12 heavy (non-hydrogen) atoms. The molecule has 1 atom stereocenters. The highest BCUT2D eigenvalue weighted by Gasteiger charge is 2.20. The van der Waals surface area contributed by atoms with Gasteiger partial charge in [0.15, 0.2) is 0 Å². The van der Waals surface area contributed by atoms with Gasteiger partial charge in [0.25, 0.3) is 0 Å². The van der Waals surface area contributed by atoms with E-state index in [4.69, 9.17) is 4.74 Å². The highest BCUT2D eigenvalue weighted by molar-refractivity contribution is 4.74. The van der Waals surface area contributed by atoms with Gasteiger partial charge in [-0.25, -0.2) is 0 Å². The van der Waals surface area contributed by atoms with Crippen molar-refractivity contribution in [3.8, 4) is 0 Å². The van der Waals surface area contributed by atoms with E-state index in [1.165, 1.54) is 32.5 Å². The molecule has 0 N–H and O–H groups in total. The normalized spacial score (nSPS) is 25.0. The van der Waals surface area contributed by atoms with Crippen molar-refractivity contribution in [3.63, 3.8) is 0 Å². The van der Waals surface area contributed by atoms with E-state index < -0.39 is 0 Å². The van der Waals surface area contributed by atoms with E-state index in [2.05, 4.69) is 18.7 Å². The van der Waals surface area contributed by atoms with Crippen LogP contribution in [-0.2, 0) is 4.74 Å². The third-order valence-corrected chi connectivity index (χ3v) is 2.69. The molecule has 0 aromatic carbocycles. The zero-order chi connectivity index (χ0) is 8.81. The fraction of sp³-hybridized carbons (Fsp3) is 1.00. The number of likely N-dealkylation sites (tertiary alicyclic amines) is 1. The highest BCUT2D eigenvalue weighted by Crippen LogP contribution is 2.18. The summed E-state index contributed by atoms with van der Waals surface area (Å²) >= 11 is 0. The van der Waals surface area contributed by atoms with Crippen molar-refractivity contribution in [3.05, 3.63) is 0 Å². The van der Waals surface area contributed by atoms with E-state index in [9.17, 15) is 0 Å². The Hall–Kier alpha value is -0.0800. The molecule has 0 aromatic heterocycles. The second kappa shape index (κ2) is 5.55. The lowest BCUT2D eigenvalue weighted by Gasteiger charge is -2.12. The van der Waals surface area contributed by atoms with E-state index in [-0.39, 0.29) is 0 Å². The lowest BCUT2D eigenvalue weighted by molar-refractivity contribution is 0.132. The number of ether oxygens (including phenoxy) is 1. The Balaban J connectivity index is 2.03. The van der Waals surface area contributed by atoms with Crippen LogP contribution in [0.4, 0.5) is 0 Å². The number of rotatable bonds is 5. The van der Waals surface area contributed by atoms with Gasteiger partial charge < -0.3 is 9.64 Å². The molecule has 2 heteroatoms. The van der Waals surface area contributed by atoms with Gasteiger partial charge in [0.1, 0.15) is 0 Å². The molecule has 0 spiro atoms. The van der Waals surface area contributed by atoms with Crippen LogP contribution in [0.1, 0.15) is 26.7 Å². The summed E-state index contributed by atoms with van der Waals surface area (Å²) in [4.78, 5) is 2.52. The maximum Gasteiger partial charge on any atom is 0.0469 e. The molecule has 0 radical (unpaired) electrons. The van der Waals surface area contributed by atoms with Crippen molar-refractivity contribution in [1.29, 1.82) is 0 Å². The predicted molar refractivity (Wildman–Crippen MR) is 51.3 cm³/mol. The molecule has 72 valence electrons. The summed E-state index contributed by atoms with van der Waals surface area (Å²) in [5, 5.41) is 0. The Morgan fingerprint density at radius 3 is 2.83 bits per heavy atom. The van der Waals surface area contributed by atoms with Crippen LogP contribution in [-0.4, -0.2) is 37.7 Å². The quantitative estimate of drug-likeness (QED) is 0.584. The van der Waals surface area contributed by atoms with Gasteiger partial charge >= 0.3 is 0 Å². The Bertz CT molecular complexity index is 116. The maximum absolute atomic E-state index is 5.35. The lowest BCUT2D eigenvalue weighted by Crippen LogP contribution is -2.20. The number of hydrogen-bond acceptors (Lipinski definition) is 2. The maximum atomic E-state index is 5.35. The summed E-state index contributed by atoms with van der Waals surface area (Å²) < 4.78 is 5.35. The van der Waals surface area contributed by atoms with Crippen molar-refractivity contribution in [2.45, 2.75) is 26.7 Å². The molecule has 1 aliphatic rings. The standard InChI is InChI=1S/C10H21NO/c1-3-11-7-5-10(9-11)6-8-12-4-2/h10H,3-9H2,1-2H3. The molecular formula is C10H21NO. The monoisotopic (exact) mass is 171 g/mol. The van der Waals surface area contributed by atoms with Crippen molar-refractivity contribution >= 4 is 0 Å². The molecule has 0 aliphatic carbocycles. The molecule has 0 bridgehead atoms. The summed E-state index contributed by atoms with van der Waals surface area (Å²) in [5.41, 5.74) is 0. The first-order chi connectivity index (χ1) is 5.86. The molecule has 0 saturated carbocycles. The van der Waals surface area contributed by atoms with Gasteiger partial charge in [-0.15, -0.1) is 0 Å². The summed E-state index contributed by atoms with van der Waals surface area (Å²) in [6.07, 6.45) is 2.63. The van der Waals surface area contributed by atoms with Gasteiger partial charge in [0.05, 0.1) is 0 Å². The average Bonchev–Trinajstić information content (AvgIpc) is 2.53. The minimum Gasteiger partial charge on any atom is -0.382 e. The first kappa shape index (κ1) is 10.0. The molecule has 1 fully saturated rings. The average molecular weight is 171 g/mol. The van der Waals surface area contributed by atoms with Gasteiger partial charge in [-0.1, -0.05) is 6.92 Å². The molecule has 1 unspecified atom stereocenters. The Labute approximate surface area is 75.9 Å². The van der Waals surface area contributed by atoms with Crippen LogP contribution < -0.4 is 0 Å². The summed E-state index contributed by atoms with van der Waals surface area (Å²) in [7, 11) is 0. The van der Waals surface area contributed by atoms with Crippen LogP contribution in [0.25, 0.3) is 0 Å². The third kappa shape index (κ3) is 3.11. The van der Waals surface area contributed by atoms with Gasteiger partial charge in [0.2, 0.25) is 0 Å². The van der Waals surface area contributed by atoms with Gasteiger partial charge in [-0.05, 0) is 38.8 Å². The summed E-state index contributed by atoms with van der Waals surface area (Å²) in [5.74, 6) is 0.900. The van der Waals surface area contributed by atoms with E-state index in [1.807, 2.05) is 0 Å². The van der Waals surface area contributed by atoms with Crippen LogP contribution >= 0.6 is 0 Å². The van der Waals surface area contributed by atoms with Crippen LogP contribution in [0.2, 0.25) is 0 Å². The van der Waals surface area contributed by atoms with E-state index in [0.717, 1.165) is 19.1 Å². The minimum absolute atomic E-state index is 0.865. The number of hydrogen-bond donors (Lipinski definition) is 0. The molecule has 1 aliphatic heterocycles. The van der Waals surface area contributed by atoms with Crippen LogP contribution in [0, 0.1) is 5.92 Å². The number of nitrogens with zero attached hydrogens (tertiary/aromatic N) is 1. The van der Waals surface area contributed by atoms with Crippen LogP contribution in [0.3, 0.4) is 0 Å². The van der Waals surface area contributed by atoms with Crippen molar-refractivity contribution in [2.75, 3.05) is 32.8 Å². The first-order valence-electron chi connectivity index (χ1n) is 5.16. The Morgan fingerprint density at radius 1 is 1.42 bits per heavy atom. The largest absolute Gasteiger partial charge is 0.382 e. The summed E-state index contributed by atoms with van der Waals surface area (Å²) in [6, 6.07) is 0. The van der Waals surface area contributed by atoms with Crippen molar-refractivity contribution < 1.29 is 4.74 Å². The Morgan fingerprint density at radius 2 is 2.25 bits per heavy atom.